The Morgan fingerprint density at radius 1 is 1.62 bits per heavy atom. The van der Waals surface area contributed by atoms with Gasteiger partial charge in [0.15, 0.2) is 0 Å². The summed E-state index contributed by atoms with van der Waals surface area (Å²) in [6, 6.07) is 0. The summed E-state index contributed by atoms with van der Waals surface area (Å²) in [7, 11) is 0. The van der Waals surface area contributed by atoms with Crippen molar-refractivity contribution in [1.82, 2.24) is 4.98 Å². The minimum absolute atomic E-state index is 0.382. The molecule has 0 fully saturated rings. The average Bonchev–Trinajstić information content (AvgIpc) is 2.75. The summed E-state index contributed by atoms with van der Waals surface area (Å²) in [6.45, 7) is 0. The first-order valence-electron chi connectivity index (χ1n) is 4.22. The molecule has 3 nitrogen and oxygen atoms in total. The van der Waals surface area contributed by atoms with Gasteiger partial charge in [0.25, 0.3) is 5.91 Å². The van der Waals surface area contributed by atoms with Crippen molar-refractivity contribution in [3.8, 4) is 0 Å². The number of allylic oxidation sites excluding steroid dienone is 2. The summed E-state index contributed by atoms with van der Waals surface area (Å²) in [5, 5.41) is 2.67. The molecular formula is C9H10N2OS. The summed E-state index contributed by atoms with van der Waals surface area (Å²) in [5.74, 6) is -0.443. The molecule has 0 saturated carbocycles. The number of nitrogens with two attached hydrogens (primary N) is 1. The van der Waals surface area contributed by atoms with E-state index in [4.69, 9.17) is 5.73 Å². The SMILES string of the molecule is NC(=O)c1csc(C2=CCCC2)n1. The molecule has 2 rings (SSSR count). The van der Waals surface area contributed by atoms with Crippen LogP contribution in [0.5, 0.6) is 0 Å². The Bertz CT molecular complexity index is 367. The van der Waals surface area contributed by atoms with Crippen molar-refractivity contribution in [2.45, 2.75) is 19.3 Å². The molecule has 1 aliphatic rings. The van der Waals surface area contributed by atoms with Crippen LogP contribution in [-0.2, 0) is 0 Å². The fourth-order valence-electron chi connectivity index (χ4n) is 1.40. The predicted molar refractivity (Wildman–Crippen MR) is 52.5 cm³/mol. The number of carbonyl (C=O) groups is 1. The highest BCUT2D eigenvalue weighted by Gasteiger charge is 2.12. The maximum Gasteiger partial charge on any atom is 0.268 e. The van der Waals surface area contributed by atoms with Crippen LogP contribution >= 0.6 is 11.3 Å². The van der Waals surface area contributed by atoms with Gasteiger partial charge in [-0.25, -0.2) is 4.98 Å². The van der Waals surface area contributed by atoms with Gasteiger partial charge in [-0.2, -0.15) is 0 Å². The van der Waals surface area contributed by atoms with Gasteiger partial charge in [-0.15, -0.1) is 11.3 Å². The number of carbonyl (C=O) groups excluding carboxylic acids is 1. The van der Waals surface area contributed by atoms with E-state index in [1.807, 2.05) is 0 Å². The van der Waals surface area contributed by atoms with Gasteiger partial charge in [0.05, 0.1) is 0 Å². The Kier molecular flexibility index (Phi) is 2.14. The first-order chi connectivity index (χ1) is 6.27. The number of amides is 1. The molecule has 0 atom stereocenters. The molecule has 68 valence electrons. The number of rotatable bonds is 2. The fourth-order valence-corrected chi connectivity index (χ4v) is 2.28. The third-order valence-electron chi connectivity index (χ3n) is 2.07. The van der Waals surface area contributed by atoms with E-state index < -0.39 is 5.91 Å². The van der Waals surface area contributed by atoms with Crippen molar-refractivity contribution < 1.29 is 4.79 Å². The normalized spacial score (nSPS) is 15.8. The molecule has 1 aliphatic carbocycles. The van der Waals surface area contributed by atoms with Crippen molar-refractivity contribution in [2.24, 2.45) is 5.73 Å². The zero-order valence-corrected chi connectivity index (χ0v) is 7.93. The second-order valence-electron chi connectivity index (χ2n) is 3.02. The zero-order chi connectivity index (χ0) is 9.26. The summed E-state index contributed by atoms with van der Waals surface area (Å²) in [4.78, 5) is 14.9. The number of primary amides is 1. The van der Waals surface area contributed by atoms with E-state index >= 15 is 0 Å². The lowest BCUT2D eigenvalue weighted by Crippen LogP contribution is -2.11. The third-order valence-corrected chi connectivity index (χ3v) is 2.99. The van der Waals surface area contributed by atoms with Gasteiger partial charge in [-0.1, -0.05) is 6.08 Å². The number of nitrogens with zero attached hydrogens (tertiary/aromatic N) is 1. The molecular weight excluding hydrogens is 184 g/mol. The molecule has 1 aromatic heterocycles. The lowest BCUT2D eigenvalue weighted by molar-refractivity contribution is 0.0996. The van der Waals surface area contributed by atoms with Crippen LogP contribution in [-0.4, -0.2) is 10.9 Å². The molecule has 0 unspecified atom stereocenters. The van der Waals surface area contributed by atoms with Crippen molar-refractivity contribution in [1.29, 1.82) is 0 Å². The highest BCUT2D eigenvalue weighted by molar-refractivity contribution is 7.11. The van der Waals surface area contributed by atoms with Gasteiger partial charge in [-0.05, 0) is 24.8 Å². The predicted octanol–water partition coefficient (Wildman–Crippen LogP) is 1.81. The van der Waals surface area contributed by atoms with E-state index in [-0.39, 0.29) is 0 Å². The van der Waals surface area contributed by atoms with Crippen LogP contribution in [0.1, 0.15) is 34.8 Å². The second kappa shape index (κ2) is 3.30. The largest absolute Gasteiger partial charge is 0.364 e. The molecule has 0 spiro atoms. The van der Waals surface area contributed by atoms with Crippen molar-refractivity contribution >= 4 is 22.8 Å². The van der Waals surface area contributed by atoms with E-state index in [0.29, 0.717) is 5.69 Å². The molecule has 1 aromatic rings. The van der Waals surface area contributed by atoms with Gasteiger partial charge in [0.2, 0.25) is 0 Å². The molecule has 1 amide bonds. The maximum atomic E-state index is 10.8. The van der Waals surface area contributed by atoms with Gasteiger partial charge >= 0.3 is 0 Å². The minimum atomic E-state index is -0.443. The van der Waals surface area contributed by atoms with Crippen LogP contribution in [0.4, 0.5) is 0 Å². The molecule has 2 N–H and O–H groups in total. The highest BCUT2D eigenvalue weighted by atomic mass is 32.1. The van der Waals surface area contributed by atoms with E-state index in [1.165, 1.54) is 23.3 Å². The maximum absolute atomic E-state index is 10.8. The van der Waals surface area contributed by atoms with E-state index in [2.05, 4.69) is 11.1 Å². The Morgan fingerprint density at radius 3 is 3.00 bits per heavy atom. The van der Waals surface area contributed by atoms with E-state index in [0.717, 1.165) is 17.8 Å². The van der Waals surface area contributed by atoms with Gasteiger partial charge in [0, 0.05) is 5.38 Å². The lowest BCUT2D eigenvalue weighted by atomic mass is 10.2. The average molecular weight is 194 g/mol. The number of hydrogen-bond acceptors (Lipinski definition) is 3. The number of thiazole rings is 1. The molecule has 1 heterocycles. The van der Waals surface area contributed by atoms with Gasteiger partial charge in [-0.3, -0.25) is 4.79 Å². The van der Waals surface area contributed by atoms with Crippen LogP contribution < -0.4 is 5.73 Å². The Hall–Kier alpha value is -1.16. The van der Waals surface area contributed by atoms with Crippen LogP contribution in [0.15, 0.2) is 11.5 Å². The summed E-state index contributed by atoms with van der Waals surface area (Å²) < 4.78 is 0. The Balaban J connectivity index is 2.27. The van der Waals surface area contributed by atoms with Crippen molar-refractivity contribution in [3.63, 3.8) is 0 Å². The second-order valence-corrected chi connectivity index (χ2v) is 3.88. The highest BCUT2D eigenvalue weighted by Crippen LogP contribution is 2.29. The lowest BCUT2D eigenvalue weighted by Gasteiger charge is -1.92. The van der Waals surface area contributed by atoms with Crippen molar-refractivity contribution in [3.05, 3.63) is 22.2 Å². The third kappa shape index (κ3) is 1.62. The monoisotopic (exact) mass is 194 g/mol. The first kappa shape index (κ1) is 8.44. The topological polar surface area (TPSA) is 56.0 Å². The van der Waals surface area contributed by atoms with Gasteiger partial charge in [0.1, 0.15) is 10.7 Å². The number of hydrogen-bond donors (Lipinski definition) is 1. The smallest absolute Gasteiger partial charge is 0.268 e. The quantitative estimate of drug-likeness (QED) is 0.780. The minimum Gasteiger partial charge on any atom is -0.364 e. The van der Waals surface area contributed by atoms with Gasteiger partial charge < -0.3 is 5.73 Å². The summed E-state index contributed by atoms with van der Waals surface area (Å²) in [6.07, 6.45) is 5.58. The molecule has 0 aliphatic heterocycles. The molecule has 13 heavy (non-hydrogen) atoms. The zero-order valence-electron chi connectivity index (χ0n) is 7.12. The molecule has 4 heteroatoms. The fraction of sp³-hybridized carbons (Fsp3) is 0.333. The Labute approximate surface area is 80.3 Å². The van der Waals surface area contributed by atoms with E-state index in [1.54, 1.807) is 5.38 Å². The number of aromatic nitrogens is 1. The van der Waals surface area contributed by atoms with E-state index in [9.17, 15) is 4.79 Å². The molecule has 0 radical (unpaired) electrons. The Morgan fingerprint density at radius 2 is 2.46 bits per heavy atom. The van der Waals surface area contributed by atoms with Crippen LogP contribution in [0, 0.1) is 0 Å². The standard InChI is InChI=1S/C9H10N2OS/c10-8(12)7-5-13-9(11-7)6-3-1-2-4-6/h3,5H,1-2,4H2,(H2,10,12). The summed E-state index contributed by atoms with van der Waals surface area (Å²) in [5.41, 5.74) is 6.76. The van der Waals surface area contributed by atoms with Crippen LogP contribution in [0.2, 0.25) is 0 Å². The summed E-state index contributed by atoms with van der Waals surface area (Å²) >= 11 is 1.49. The van der Waals surface area contributed by atoms with Crippen LogP contribution in [0.25, 0.3) is 5.57 Å². The molecule has 0 saturated heterocycles. The van der Waals surface area contributed by atoms with Crippen molar-refractivity contribution in [2.75, 3.05) is 0 Å². The van der Waals surface area contributed by atoms with Crippen LogP contribution in [0.3, 0.4) is 0 Å². The molecule has 0 aromatic carbocycles. The first-order valence-corrected chi connectivity index (χ1v) is 5.10. The molecule has 0 bridgehead atoms.